The van der Waals surface area contributed by atoms with Gasteiger partial charge >= 0.3 is 0 Å². The van der Waals surface area contributed by atoms with Gasteiger partial charge in [-0.1, -0.05) is 54.6 Å². The zero-order chi connectivity index (χ0) is 15.9. The average Bonchev–Trinajstić information content (AvgIpc) is 2.64. The van der Waals surface area contributed by atoms with E-state index in [1.807, 2.05) is 83.8 Å². The molecule has 0 fully saturated rings. The molecule has 114 valence electrons. The van der Waals surface area contributed by atoms with E-state index in [1.165, 1.54) is 0 Å². The third kappa shape index (κ3) is 4.02. The number of rotatable bonds is 5. The van der Waals surface area contributed by atoms with Crippen LogP contribution in [-0.4, -0.2) is 11.8 Å². The number of amides is 1. The molecule has 0 spiro atoms. The summed E-state index contributed by atoms with van der Waals surface area (Å²) in [5, 5.41) is 0. The standard InChI is InChI=1S/C20H17NOS/c22-20(17-10-4-1-5-11-17)21(18-12-6-2-7-13-18)16-23-19-14-8-3-9-15-19/h1-15H,16H2. The molecule has 0 N–H and O–H groups in total. The fourth-order valence-electron chi connectivity index (χ4n) is 2.25. The predicted molar refractivity (Wildman–Crippen MR) is 96.9 cm³/mol. The first-order valence-electron chi connectivity index (χ1n) is 7.44. The van der Waals surface area contributed by atoms with Crippen molar-refractivity contribution in [3.05, 3.63) is 96.6 Å². The summed E-state index contributed by atoms with van der Waals surface area (Å²) in [7, 11) is 0. The van der Waals surface area contributed by atoms with Crippen LogP contribution in [0.15, 0.2) is 95.9 Å². The first-order chi connectivity index (χ1) is 11.3. The number of benzene rings is 3. The van der Waals surface area contributed by atoms with Gasteiger partial charge in [0.25, 0.3) is 5.91 Å². The van der Waals surface area contributed by atoms with Crippen LogP contribution < -0.4 is 4.90 Å². The van der Waals surface area contributed by atoms with Gasteiger partial charge in [-0.3, -0.25) is 9.69 Å². The van der Waals surface area contributed by atoms with Crippen molar-refractivity contribution in [2.75, 3.05) is 10.8 Å². The molecule has 3 rings (SSSR count). The summed E-state index contributed by atoms with van der Waals surface area (Å²) in [5.41, 5.74) is 1.61. The number of carbonyl (C=O) groups excluding carboxylic acids is 1. The van der Waals surface area contributed by atoms with Crippen LogP contribution in [0.4, 0.5) is 5.69 Å². The second-order valence-electron chi connectivity index (χ2n) is 5.02. The third-order valence-corrected chi connectivity index (χ3v) is 4.43. The zero-order valence-corrected chi connectivity index (χ0v) is 13.4. The molecule has 3 aromatic rings. The molecule has 0 aromatic heterocycles. The van der Waals surface area contributed by atoms with E-state index in [4.69, 9.17) is 0 Å². The lowest BCUT2D eigenvalue weighted by molar-refractivity contribution is 0.0991. The summed E-state index contributed by atoms with van der Waals surface area (Å²) in [6.45, 7) is 0. The van der Waals surface area contributed by atoms with Gasteiger partial charge < -0.3 is 0 Å². The number of carbonyl (C=O) groups is 1. The van der Waals surface area contributed by atoms with E-state index >= 15 is 0 Å². The molecule has 23 heavy (non-hydrogen) atoms. The van der Waals surface area contributed by atoms with Gasteiger partial charge in [0.15, 0.2) is 0 Å². The van der Waals surface area contributed by atoms with Crippen LogP contribution in [0.5, 0.6) is 0 Å². The van der Waals surface area contributed by atoms with Crippen molar-refractivity contribution in [1.29, 1.82) is 0 Å². The summed E-state index contributed by atoms with van der Waals surface area (Å²) in [5.74, 6) is 0.585. The maximum absolute atomic E-state index is 12.9. The van der Waals surface area contributed by atoms with Gasteiger partial charge in [-0.25, -0.2) is 0 Å². The highest BCUT2D eigenvalue weighted by Gasteiger charge is 2.17. The van der Waals surface area contributed by atoms with Crippen molar-refractivity contribution in [1.82, 2.24) is 0 Å². The Balaban J connectivity index is 1.84. The summed E-state index contributed by atoms with van der Waals surface area (Å²) >= 11 is 1.65. The fraction of sp³-hybridized carbons (Fsp3) is 0.0500. The summed E-state index contributed by atoms with van der Waals surface area (Å²) in [6.07, 6.45) is 0. The van der Waals surface area contributed by atoms with Crippen LogP contribution in [0.2, 0.25) is 0 Å². The monoisotopic (exact) mass is 319 g/mol. The number of para-hydroxylation sites is 1. The Morgan fingerprint density at radius 2 is 1.26 bits per heavy atom. The fourth-order valence-corrected chi connectivity index (χ4v) is 3.14. The van der Waals surface area contributed by atoms with Crippen molar-refractivity contribution in [2.45, 2.75) is 4.90 Å². The second kappa shape index (κ2) is 7.65. The Kier molecular flexibility index (Phi) is 5.12. The maximum Gasteiger partial charge on any atom is 0.259 e. The third-order valence-electron chi connectivity index (χ3n) is 3.44. The molecule has 0 aliphatic carbocycles. The van der Waals surface area contributed by atoms with Gasteiger partial charge in [-0.05, 0) is 36.4 Å². The largest absolute Gasteiger partial charge is 0.298 e. The maximum atomic E-state index is 12.9. The zero-order valence-electron chi connectivity index (χ0n) is 12.6. The molecule has 0 aliphatic rings. The highest BCUT2D eigenvalue weighted by molar-refractivity contribution is 7.99. The summed E-state index contributed by atoms with van der Waals surface area (Å²) in [4.78, 5) is 15.8. The topological polar surface area (TPSA) is 20.3 Å². The molecule has 0 unspecified atom stereocenters. The Bertz CT molecular complexity index is 744. The van der Waals surface area contributed by atoms with Gasteiger partial charge in [-0.2, -0.15) is 0 Å². The van der Waals surface area contributed by atoms with E-state index in [1.54, 1.807) is 11.8 Å². The number of anilines is 1. The quantitative estimate of drug-likeness (QED) is 0.482. The Morgan fingerprint density at radius 1 is 0.739 bits per heavy atom. The summed E-state index contributed by atoms with van der Waals surface area (Å²) < 4.78 is 0. The van der Waals surface area contributed by atoms with Crippen molar-refractivity contribution in [3.63, 3.8) is 0 Å². The average molecular weight is 319 g/mol. The first kappa shape index (κ1) is 15.4. The van der Waals surface area contributed by atoms with E-state index in [0.29, 0.717) is 11.4 Å². The van der Waals surface area contributed by atoms with E-state index < -0.39 is 0 Å². The van der Waals surface area contributed by atoms with Gasteiger partial charge in [0, 0.05) is 16.1 Å². The van der Waals surface area contributed by atoms with Gasteiger partial charge in [0.1, 0.15) is 0 Å². The lowest BCUT2D eigenvalue weighted by atomic mass is 10.2. The van der Waals surface area contributed by atoms with Crippen LogP contribution in [0.1, 0.15) is 10.4 Å². The van der Waals surface area contributed by atoms with Crippen molar-refractivity contribution >= 4 is 23.4 Å². The molecule has 0 radical (unpaired) electrons. The molecule has 1 amide bonds. The van der Waals surface area contributed by atoms with Gasteiger partial charge in [-0.15, -0.1) is 11.8 Å². The van der Waals surface area contributed by atoms with E-state index in [0.717, 1.165) is 10.6 Å². The minimum atomic E-state index is 0.0141. The number of nitrogens with zero attached hydrogens (tertiary/aromatic N) is 1. The molecule has 0 saturated carbocycles. The minimum absolute atomic E-state index is 0.0141. The van der Waals surface area contributed by atoms with Crippen molar-refractivity contribution in [2.24, 2.45) is 0 Å². The molecule has 3 aromatic carbocycles. The van der Waals surface area contributed by atoms with Crippen molar-refractivity contribution < 1.29 is 4.79 Å². The normalized spacial score (nSPS) is 10.3. The van der Waals surface area contributed by atoms with Crippen LogP contribution in [0.3, 0.4) is 0 Å². The van der Waals surface area contributed by atoms with Crippen LogP contribution in [0.25, 0.3) is 0 Å². The Hall–Kier alpha value is -2.52. The molecule has 3 heteroatoms. The number of thioether (sulfide) groups is 1. The molecule has 0 saturated heterocycles. The number of hydrogen-bond acceptors (Lipinski definition) is 2. The molecule has 2 nitrogen and oxygen atoms in total. The van der Waals surface area contributed by atoms with E-state index in [2.05, 4.69) is 12.1 Å². The second-order valence-corrected chi connectivity index (χ2v) is 6.04. The van der Waals surface area contributed by atoms with Crippen LogP contribution in [0, 0.1) is 0 Å². The molecular formula is C20H17NOS. The van der Waals surface area contributed by atoms with Crippen molar-refractivity contribution in [3.8, 4) is 0 Å². The molecule has 0 aliphatic heterocycles. The Labute approximate surface area is 140 Å². The molecular weight excluding hydrogens is 302 g/mol. The lowest BCUT2D eigenvalue weighted by Crippen LogP contribution is -2.30. The molecule has 0 bridgehead atoms. The first-order valence-corrected chi connectivity index (χ1v) is 8.43. The molecule has 0 heterocycles. The predicted octanol–water partition coefficient (Wildman–Crippen LogP) is 5.08. The van der Waals surface area contributed by atoms with Crippen LogP contribution >= 0.6 is 11.8 Å². The smallest absolute Gasteiger partial charge is 0.259 e. The van der Waals surface area contributed by atoms with Gasteiger partial charge in [0.05, 0.1) is 5.88 Å². The van der Waals surface area contributed by atoms with Gasteiger partial charge in [0.2, 0.25) is 0 Å². The lowest BCUT2D eigenvalue weighted by Gasteiger charge is -2.22. The Morgan fingerprint density at radius 3 is 1.87 bits per heavy atom. The van der Waals surface area contributed by atoms with E-state index in [9.17, 15) is 4.79 Å². The minimum Gasteiger partial charge on any atom is -0.298 e. The summed E-state index contributed by atoms with van der Waals surface area (Å²) in [6, 6.07) is 29.3. The highest BCUT2D eigenvalue weighted by atomic mass is 32.2. The number of hydrogen-bond donors (Lipinski definition) is 0. The van der Waals surface area contributed by atoms with Crippen LogP contribution in [-0.2, 0) is 0 Å². The SMILES string of the molecule is O=C(c1ccccc1)N(CSc1ccccc1)c1ccccc1. The van der Waals surface area contributed by atoms with E-state index in [-0.39, 0.29) is 5.91 Å². The molecule has 0 atom stereocenters. The highest BCUT2D eigenvalue weighted by Crippen LogP contribution is 2.24.